The van der Waals surface area contributed by atoms with E-state index in [2.05, 4.69) is 14.9 Å². The van der Waals surface area contributed by atoms with Crippen LogP contribution >= 0.6 is 35.3 Å². The summed E-state index contributed by atoms with van der Waals surface area (Å²) in [6, 6.07) is 9.23. The van der Waals surface area contributed by atoms with Crippen molar-refractivity contribution in [3.05, 3.63) is 58.9 Å². The Balaban J connectivity index is 0.00000259. The van der Waals surface area contributed by atoms with Crippen LogP contribution in [0.3, 0.4) is 0 Å². The molecule has 0 N–H and O–H groups in total. The van der Waals surface area contributed by atoms with Crippen LogP contribution in [0.2, 0.25) is 5.02 Å². The second kappa shape index (κ2) is 10.3. The zero-order valence-corrected chi connectivity index (χ0v) is 20.4. The summed E-state index contributed by atoms with van der Waals surface area (Å²) in [5.41, 5.74) is 3.89. The van der Waals surface area contributed by atoms with Crippen molar-refractivity contribution < 1.29 is 9.53 Å². The molecule has 33 heavy (non-hydrogen) atoms. The minimum atomic E-state index is -0.103. The number of fused-ring (bicyclic) bond motifs is 2. The van der Waals surface area contributed by atoms with Crippen LogP contribution in [-0.2, 0) is 4.74 Å². The number of carbonyl (C=O) groups is 1. The Labute approximate surface area is 206 Å². The van der Waals surface area contributed by atoms with E-state index in [9.17, 15) is 4.79 Å². The molecular weight excluding hydrogens is 481 g/mol. The molecular formula is C23H23Cl2N5O2S. The standard InChI is InChI=1S/C23H22ClN5O2S.ClH/c1-15-12-17(24)14-20-21(15)27-23(32-20)29(7-6-28-8-10-31-11-9-28)22(30)16-2-3-18-19(13-16)26-5-4-25-18;/h2-5,12-14H,6-11H2,1H3;1H. The minimum Gasteiger partial charge on any atom is -0.379 e. The highest BCUT2D eigenvalue weighted by molar-refractivity contribution is 7.22. The Kier molecular flexibility index (Phi) is 7.41. The van der Waals surface area contributed by atoms with Gasteiger partial charge < -0.3 is 4.74 Å². The number of nitrogens with zero attached hydrogens (tertiary/aromatic N) is 5. The number of hydrogen-bond donors (Lipinski definition) is 0. The average Bonchev–Trinajstić information content (AvgIpc) is 3.23. The highest BCUT2D eigenvalue weighted by Crippen LogP contribution is 2.33. The number of aromatic nitrogens is 3. The third-order valence-corrected chi connectivity index (χ3v) is 6.82. The van der Waals surface area contributed by atoms with Crippen molar-refractivity contribution in [3.8, 4) is 0 Å². The number of amides is 1. The molecule has 1 aliphatic rings. The van der Waals surface area contributed by atoms with Gasteiger partial charge in [0.2, 0.25) is 0 Å². The predicted octanol–water partition coefficient (Wildman–Crippen LogP) is 4.60. The van der Waals surface area contributed by atoms with E-state index in [1.54, 1.807) is 29.4 Å². The first-order valence-electron chi connectivity index (χ1n) is 10.5. The van der Waals surface area contributed by atoms with Crippen molar-refractivity contribution in [2.24, 2.45) is 0 Å². The largest absolute Gasteiger partial charge is 0.379 e. The smallest absolute Gasteiger partial charge is 0.260 e. The molecule has 10 heteroatoms. The van der Waals surface area contributed by atoms with Gasteiger partial charge in [0, 0.05) is 49.2 Å². The lowest BCUT2D eigenvalue weighted by molar-refractivity contribution is 0.0391. The van der Waals surface area contributed by atoms with Gasteiger partial charge in [0.1, 0.15) is 0 Å². The topological polar surface area (TPSA) is 71.5 Å². The summed E-state index contributed by atoms with van der Waals surface area (Å²) in [7, 11) is 0. The van der Waals surface area contributed by atoms with E-state index in [0.29, 0.717) is 27.8 Å². The summed E-state index contributed by atoms with van der Waals surface area (Å²) < 4.78 is 6.43. The number of thiazole rings is 1. The molecule has 0 saturated carbocycles. The molecule has 2 aromatic heterocycles. The fraction of sp³-hybridized carbons (Fsp3) is 0.304. The fourth-order valence-corrected chi connectivity index (χ4v) is 5.31. The molecule has 0 atom stereocenters. The monoisotopic (exact) mass is 503 g/mol. The molecule has 1 aliphatic heterocycles. The Morgan fingerprint density at radius 2 is 1.91 bits per heavy atom. The van der Waals surface area contributed by atoms with Crippen LogP contribution in [0.25, 0.3) is 21.3 Å². The summed E-state index contributed by atoms with van der Waals surface area (Å²) in [6.45, 7) is 6.43. The van der Waals surface area contributed by atoms with Crippen molar-refractivity contribution in [1.82, 2.24) is 19.9 Å². The van der Waals surface area contributed by atoms with E-state index in [1.807, 2.05) is 25.1 Å². The second-order valence-corrected chi connectivity index (χ2v) is 9.18. The molecule has 3 heterocycles. The fourth-order valence-electron chi connectivity index (χ4n) is 3.86. The van der Waals surface area contributed by atoms with Crippen molar-refractivity contribution >= 4 is 67.6 Å². The molecule has 0 aliphatic carbocycles. The molecule has 1 amide bonds. The third-order valence-electron chi connectivity index (χ3n) is 5.57. The number of hydrogen-bond acceptors (Lipinski definition) is 7. The van der Waals surface area contributed by atoms with Crippen LogP contribution in [0.1, 0.15) is 15.9 Å². The average molecular weight is 504 g/mol. The molecule has 0 unspecified atom stereocenters. The first-order valence-corrected chi connectivity index (χ1v) is 11.7. The van der Waals surface area contributed by atoms with E-state index in [-0.39, 0.29) is 18.3 Å². The van der Waals surface area contributed by atoms with Gasteiger partial charge in [-0.2, -0.15) is 0 Å². The summed E-state index contributed by atoms with van der Waals surface area (Å²) in [6.07, 6.45) is 3.28. The Bertz CT molecular complexity index is 1290. The zero-order valence-electron chi connectivity index (χ0n) is 18.0. The van der Waals surface area contributed by atoms with E-state index >= 15 is 0 Å². The molecule has 0 bridgehead atoms. The van der Waals surface area contributed by atoms with Crippen molar-refractivity contribution in [2.75, 3.05) is 44.3 Å². The van der Waals surface area contributed by atoms with E-state index < -0.39 is 0 Å². The minimum absolute atomic E-state index is 0. The van der Waals surface area contributed by atoms with Crippen LogP contribution in [0.15, 0.2) is 42.7 Å². The molecule has 4 aromatic rings. The van der Waals surface area contributed by atoms with Gasteiger partial charge >= 0.3 is 0 Å². The lowest BCUT2D eigenvalue weighted by Gasteiger charge is -2.29. The number of carbonyl (C=O) groups excluding carboxylic acids is 1. The normalized spacial score (nSPS) is 14.4. The molecule has 172 valence electrons. The molecule has 2 aromatic carbocycles. The van der Waals surface area contributed by atoms with Crippen molar-refractivity contribution in [2.45, 2.75) is 6.92 Å². The number of benzene rings is 2. The van der Waals surface area contributed by atoms with Gasteiger partial charge in [-0.25, -0.2) is 4.98 Å². The molecule has 5 rings (SSSR count). The summed E-state index contributed by atoms with van der Waals surface area (Å²) in [4.78, 5) is 31.2. The van der Waals surface area contributed by atoms with Crippen LogP contribution in [-0.4, -0.2) is 65.2 Å². The van der Waals surface area contributed by atoms with Gasteiger partial charge in [0.25, 0.3) is 5.91 Å². The van der Waals surface area contributed by atoms with Gasteiger partial charge in [-0.3, -0.25) is 24.6 Å². The SMILES string of the molecule is Cc1cc(Cl)cc2sc(N(CCN3CCOCC3)C(=O)c3ccc4nccnc4c3)nc12.Cl. The maximum Gasteiger partial charge on any atom is 0.260 e. The highest BCUT2D eigenvalue weighted by atomic mass is 35.5. The van der Waals surface area contributed by atoms with Crippen LogP contribution in [0.4, 0.5) is 5.13 Å². The van der Waals surface area contributed by atoms with Gasteiger partial charge in [0.05, 0.1) is 34.5 Å². The Morgan fingerprint density at radius 1 is 1.15 bits per heavy atom. The Morgan fingerprint density at radius 3 is 2.70 bits per heavy atom. The third kappa shape index (κ3) is 5.10. The molecule has 1 saturated heterocycles. The summed E-state index contributed by atoms with van der Waals surface area (Å²) in [5, 5.41) is 1.34. The number of ether oxygens (including phenoxy) is 1. The second-order valence-electron chi connectivity index (χ2n) is 7.74. The first-order chi connectivity index (χ1) is 15.6. The number of halogens is 2. The predicted molar refractivity (Wildman–Crippen MR) is 135 cm³/mol. The lowest BCUT2D eigenvalue weighted by atomic mass is 10.1. The van der Waals surface area contributed by atoms with Gasteiger partial charge in [0.15, 0.2) is 5.13 Å². The summed E-state index contributed by atoms with van der Waals surface area (Å²) in [5.74, 6) is -0.103. The van der Waals surface area contributed by atoms with Crippen molar-refractivity contribution in [1.29, 1.82) is 0 Å². The lowest BCUT2D eigenvalue weighted by Crippen LogP contribution is -2.43. The van der Waals surface area contributed by atoms with Gasteiger partial charge in [-0.15, -0.1) is 12.4 Å². The first kappa shape index (κ1) is 23.8. The molecule has 7 nitrogen and oxygen atoms in total. The quantitative estimate of drug-likeness (QED) is 0.396. The molecule has 0 spiro atoms. The van der Waals surface area contributed by atoms with Gasteiger partial charge in [-0.1, -0.05) is 22.9 Å². The number of aryl methyl sites for hydroxylation is 1. The van der Waals surface area contributed by atoms with Gasteiger partial charge in [-0.05, 0) is 42.8 Å². The van der Waals surface area contributed by atoms with E-state index in [4.69, 9.17) is 21.3 Å². The number of morpholine rings is 1. The van der Waals surface area contributed by atoms with Crippen LogP contribution in [0.5, 0.6) is 0 Å². The highest BCUT2D eigenvalue weighted by Gasteiger charge is 2.24. The number of anilines is 1. The molecule has 0 radical (unpaired) electrons. The maximum absolute atomic E-state index is 13.7. The maximum atomic E-state index is 13.7. The van der Waals surface area contributed by atoms with E-state index in [1.165, 1.54) is 11.3 Å². The Hall–Kier alpha value is -2.36. The number of rotatable bonds is 5. The molecule has 1 fully saturated rings. The van der Waals surface area contributed by atoms with Crippen molar-refractivity contribution in [3.63, 3.8) is 0 Å². The van der Waals surface area contributed by atoms with Crippen LogP contribution < -0.4 is 4.90 Å². The van der Waals surface area contributed by atoms with Crippen LogP contribution in [0, 0.1) is 6.92 Å². The summed E-state index contributed by atoms with van der Waals surface area (Å²) >= 11 is 7.74. The van der Waals surface area contributed by atoms with E-state index in [0.717, 1.165) is 54.1 Å². The zero-order chi connectivity index (χ0) is 22.1.